The zero-order chi connectivity index (χ0) is 19.0. The normalized spacial score (nSPS) is 27.0. The highest BCUT2D eigenvalue weighted by Gasteiger charge is 2.69. The fourth-order valence-corrected chi connectivity index (χ4v) is 2.86. The zero-order valence-electron chi connectivity index (χ0n) is 13.9. The smallest absolute Gasteiger partial charge is 0.437 e. The van der Waals surface area contributed by atoms with Gasteiger partial charge in [-0.2, -0.15) is 13.2 Å². The van der Waals surface area contributed by atoms with Crippen LogP contribution in [0, 0.1) is 12.8 Å². The van der Waals surface area contributed by atoms with E-state index in [4.69, 9.17) is 4.74 Å². The number of nitrogens with one attached hydrogen (secondary N) is 1. The third-order valence-corrected chi connectivity index (χ3v) is 4.26. The van der Waals surface area contributed by atoms with Crippen LogP contribution < -0.4 is 5.32 Å². The largest absolute Gasteiger partial charge is 0.466 e. The lowest BCUT2D eigenvalue weighted by Crippen LogP contribution is -2.73. The number of hydrogen-bond donors (Lipinski definition) is 2. The van der Waals surface area contributed by atoms with Crippen LogP contribution in [0.4, 0.5) is 18.0 Å². The highest BCUT2D eigenvalue weighted by molar-refractivity contribution is 5.83. The standard InChI is InChI=1S/C16H19F3N2O4/c1-4-25-13(22)11-12(10-7-5-9(2)6-8-10)20-14(23)21(3)15(11,24)16(17,18)19/h5-8,11-12,24H,4H2,1-3H3,(H,20,23). The van der Waals surface area contributed by atoms with Gasteiger partial charge in [0.05, 0.1) is 12.6 Å². The highest BCUT2D eigenvalue weighted by atomic mass is 19.4. The van der Waals surface area contributed by atoms with E-state index in [1.54, 1.807) is 19.1 Å². The quantitative estimate of drug-likeness (QED) is 0.810. The number of nitrogens with zero attached hydrogens (tertiary/aromatic N) is 1. The molecule has 6 nitrogen and oxygen atoms in total. The van der Waals surface area contributed by atoms with Gasteiger partial charge in [0.1, 0.15) is 5.92 Å². The number of esters is 1. The molecular formula is C16H19F3N2O4. The third-order valence-electron chi connectivity index (χ3n) is 4.26. The molecule has 1 aromatic carbocycles. The molecule has 138 valence electrons. The van der Waals surface area contributed by atoms with E-state index in [1.165, 1.54) is 19.1 Å². The number of rotatable bonds is 3. The first-order chi connectivity index (χ1) is 11.5. The number of carbonyl (C=O) groups is 2. The summed E-state index contributed by atoms with van der Waals surface area (Å²) in [6.07, 6.45) is -5.26. The van der Waals surface area contributed by atoms with E-state index in [9.17, 15) is 27.9 Å². The lowest BCUT2D eigenvalue weighted by Gasteiger charge is -2.49. The van der Waals surface area contributed by atoms with E-state index in [-0.39, 0.29) is 17.1 Å². The van der Waals surface area contributed by atoms with Crippen LogP contribution >= 0.6 is 0 Å². The monoisotopic (exact) mass is 360 g/mol. The van der Waals surface area contributed by atoms with E-state index in [1.807, 2.05) is 0 Å². The zero-order valence-corrected chi connectivity index (χ0v) is 13.9. The van der Waals surface area contributed by atoms with Gasteiger partial charge in [-0.1, -0.05) is 29.8 Å². The molecule has 1 heterocycles. The van der Waals surface area contributed by atoms with Crippen LogP contribution in [0.15, 0.2) is 24.3 Å². The molecule has 2 rings (SSSR count). The van der Waals surface area contributed by atoms with Crippen LogP contribution in [0.5, 0.6) is 0 Å². The van der Waals surface area contributed by atoms with Gasteiger partial charge in [0.25, 0.3) is 5.72 Å². The van der Waals surface area contributed by atoms with Gasteiger partial charge in [-0.3, -0.25) is 9.69 Å². The van der Waals surface area contributed by atoms with E-state index in [2.05, 4.69) is 5.32 Å². The van der Waals surface area contributed by atoms with Gasteiger partial charge in [0.2, 0.25) is 0 Å². The molecule has 0 saturated carbocycles. The Hall–Kier alpha value is -2.29. The van der Waals surface area contributed by atoms with Gasteiger partial charge in [-0.25, -0.2) is 4.79 Å². The molecule has 2 N–H and O–H groups in total. The minimum Gasteiger partial charge on any atom is -0.466 e. The predicted octanol–water partition coefficient (Wildman–Crippen LogP) is 2.12. The first kappa shape index (κ1) is 19.0. The molecule has 2 amide bonds. The molecule has 3 unspecified atom stereocenters. The van der Waals surface area contributed by atoms with Crippen LogP contribution in [0.1, 0.15) is 24.1 Å². The molecule has 0 bridgehead atoms. The van der Waals surface area contributed by atoms with Crippen molar-refractivity contribution in [2.24, 2.45) is 5.92 Å². The minimum atomic E-state index is -5.26. The predicted molar refractivity (Wildman–Crippen MR) is 81.3 cm³/mol. The van der Waals surface area contributed by atoms with Crippen LogP contribution in [0.25, 0.3) is 0 Å². The summed E-state index contributed by atoms with van der Waals surface area (Å²) in [5, 5.41) is 12.8. The van der Waals surface area contributed by atoms with Crippen molar-refractivity contribution in [3.63, 3.8) is 0 Å². The summed E-state index contributed by atoms with van der Waals surface area (Å²) >= 11 is 0. The Morgan fingerprint density at radius 2 is 1.92 bits per heavy atom. The number of halogens is 3. The Bertz CT molecular complexity index is 662. The second-order valence-electron chi connectivity index (χ2n) is 5.85. The van der Waals surface area contributed by atoms with Gasteiger partial charge < -0.3 is 15.2 Å². The maximum atomic E-state index is 13.7. The summed E-state index contributed by atoms with van der Waals surface area (Å²) in [6, 6.07) is 3.72. The van der Waals surface area contributed by atoms with Crippen molar-refractivity contribution in [2.45, 2.75) is 31.8 Å². The lowest BCUT2D eigenvalue weighted by molar-refractivity contribution is -0.328. The molecule has 25 heavy (non-hydrogen) atoms. The van der Waals surface area contributed by atoms with Crippen LogP contribution in [-0.4, -0.2) is 47.6 Å². The molecule has 0 aliphatic carbocycles. The molecule has 0 aromatic heterocycles. The second kappa shape index (κ2) is 6.55. The van der Waals surface area contributed by atoms with Crippen LogP contribution in [0.3, 0.4) is 0 Å². The number of hydrogen-bond acceptors (Lipinski definition) is 4. The van der Waals surface area contributed by atoms with Crippen molar-refractivity contribution in [1.82, 2.24) is 10.2 Å². The molecule has 1 aliphatic heterocycles. The third kappa shape index (κ3) is 3.15. The average Bonchev–Trinajstić information content (AvgIpc) is 2.52. The molecule has 1 saturated heterocycles. The number of carbonyl (C=O) groups excluding carboxylic acids is 2. The van der Waals surface area contributed by atoms with E-state index < -0.39 is 35.9 Å². The van der Waals surface area contributed by atoms with Crippen LogP contribution in [-0.2, 0) is 9.53 Å². The summed E-state index contributed by atoms with van der Waals surface area (Å²) in [5.74, 6) is -3.34. The maximum Gasteiger partial charge on any atom is 0.437 e. The van der Waals surface area contributed by atoms with Crippen molar-refractivity contribution < 1.29 is 32.6 Å². The number of alkyl halides is 3. The molecular weight excluding hydrogens is 341 g/mol. The maximum absolute atomic E-state index is 13.7. The number of urea groups is 1. The SMILES string of the molecule is CCOC(=O)C1C(c2ccc(C)cc2)NC(=O)N(C)C1(O)C(F)(F)F. The van der Waals surface area contributed by atoms with E-state index >= 15 is 0 Å². The van der Waals surface area contributed by atoms with Gasteiger partial charge in [0, 0.05) is 7.05 Å². The topological polar surface area (TPSA) is 78.9 Å². The van der Waals surface area contributed by atoms with Gasteiger partial charge in [0.15, 0.2) is 0 Å². The summed E-state index contributed by atoms with van der Waals surface area (Å²) in [5.41, 5.74) is -2.59. The molecule has 0 radical (unpaired) electrons. The Kier molecular flexibility index (Phi) is 4.99. The number of amides is 2. The van der Waals surface area contributed by atoms with Crippen molar-refractivity contribution in [1.29, 1.82) is 0 Å². The fraction of sp³-hybridized carbons (Fsp3) is 0.500. The lowest BCUT2D eigenvalue weighted by atomic mass is 9.81. The van der Waals surface area contributed by atoms with Crippen molar-refractivity contribution in [3.8, 4) is 0 Å². The average molecular weight is 360 g/mol. The Morgan fingerprint density at radius 1 is 1.36 bits per heavy atom. The molecule has 3 atom stereocenters. The van der Waals surface area contributed by atoms with Crippen molar-refractivity contribution >= 4 is 12.0 Å². The number of benzene rings is 1. The first-order valence-corrected chi connectivity index (χ1v) is 7.60. The number of ether oxygens (including phenoxy) is 1. The van der Waals surface area contributed by atoms with E-state index in [0.29, 0.717) is 0 Å². The summed E-state index contributed by atoms with van der Waals surface area (Å²) in [6.45, 7) is 3.06. The second-order valence-corrected chi connectivity index (χ2v) is 5.85. The number of aliphatic hydroxyl groups is 1. The first-order valence-electron chi connectivity index (χ1n) is 7.60. The van der Waals surface area contributed by atoms with Gasteiger partial charge >= 0.3 is 18.2 Å². The van der Waals surface area contributed by atoms with Crippen LogP contribution in [0.2, 0.25) is 0 Å². The van der Waals surface area contributed by atoms with Gasteiger partial charge in [-0.05, 0) is 19.4 Å². The Balaban J connectivity index is 2.62. The Labute approximate surface area is 142 Å². The molecule has 1 aromatic rings. The molecule has 1 aliphatic rings. The van der Waals surface area contributed by atoms with Gasteiger partial charge in [-0.15, -0.1) is 0 Å². The summed E-state index contributed by atoms with van der Waals surface area (Å²) < 4.78 is 45.8. The highest BCUT2D eigenvalue weighted by Crippen LogP contribution is 2.46. The fourth-order valence-electron chi connectivity index (χ4n) is 2.86. The molecule has 0 spiro atoms. The van der Waals surface area contributed by atoms with E-state index in [0.717, 1.165) is 12.6 Å². The Morgan fingerprint density at radius 3 is 2.40 bits per heavy atom. The summed E-state index contributed by atoms with van der Waals surface area (Å²) in [4.78, 5) is 24.4. The number of aryl methyl sites for hydroxylation is 1. The van der Waals surface area contributed by atoms with Crippen molar-refractivity contribution in [2.75, 3.05) is 13.7 Å². The molecule has 9 heteroatoms. The minimum absolute atomic E-state index is 0.0826. The van der Waals surface area contributed by atoms with Crippen molar-refractivity contribution in [3.05, 3.63) is 35.4 Å². The molecule has 1 fully saturated rings. The summed E-state index contributed by atoms with van der Waals surface area (Å²) in [7, 11) is 0.778.